The second kappa shape index (κ2) is 7.16. The van der Waals surface area contributed by atoms with Crippen LogP contribution in [-0.4, -0.2) is 30.1 Å². The lowest BCUT2D eigenvalue weighted by atomic mass is 10.2. The Bertz CT molecular complexity index is 561. The molecule has 0 radical (unpaired) electrons. The van der Waals surface area contributed by atoms with Crippen molar-refractivity contribution in [1.82, 2.24) is 9.47 Å². The number of benzene rings is 1. The summed E-state index contributed by atoms with van der Waals surface area (Å²) in [5.41, 5.74) is 2.44. The highest BCUT2D eigenvalue weighted by Gasteiger charge is 2.06. The number of hydrogen-bond donors (Lipinski definition) is 0. The lowest BCUT2D eigenvalue weighted by Crippen LogP contribution is -2.14. The lowest BCUT2D eigenvalue weighted by molar-refractivity contribution is 0.398. The molecule has 0 fully saturated rings. The molecule has 0 aliphatic carbocycles. The van der Waals surface area contributed by atoms with Gasteiger partial charge in [0, 0.05) is 28.5 Å². The highest BCUT2D eigenvalue weighted by atomic mass is 35.5. The van der Waals surface area contributed by atoms with Gasteiger partial charge in [-0.2, -0.15) is 0 Å². The van der Waals surface area contributed by atoms with Gasteiger partial charge >= 0.3 is 0 Å². The van der Waals surface area contributed by atoms with Crippen molar-refractivity contribution in [3.05, 3.63) is 57.8 Å². The van der Waals surface area contributed by atoms with Crippen LogP contribution in [0.2, 0.25) is 10.0 Å². The van der Waals surface area contributed by atoms with Gasteiger partial charge in [-0.3, -0.25) is 0 Å². The van der Waals surface area contributed by atoms with Crippen molar-refractivity contribution in [1.29, 1.82) is 0 Å². The highest BCUT2D eigenvalue weighted by Crippen LogP contribution is 2.22. The summed E-state index contributed by atoms with van der Waals surface area (Å²) in [5, 5.41) is 1.41. The van der Waals surface area contributed by atoms with E-state index >= 15 is 0 Å². The largest absolute Gasteiger partial charge is 0.347 e. The van der Waals surface area contributed by atoms with Crippen molar-refractivity contribution >= 4 is 23.2 Å². The molecule has 0 saturated carbocycles. The maximum atomic E-state index is 6.24. The van der Waals surface area contributed by atoms with Gasteiger partial charge in [-0.15, -0.1) is 0 Å². The van der Waals surface area contributed by atoms with Crippen molar-refractivity contribution in [2.24, 2.45) is 0 Å². The Hall–Kier alpha value is -0.960. The van der Waals surface area contributed by atoms with E-state index in [4.69, 9.17) is 23.2 Å². The minimum atomic E-state index is 0.678. The van der Waals surface area contributed by atoms with Crippen LogP contribution in [0.25, 0.3) is 0 Å². The van der Waals surface area contributed by atoms with Gasteiger partial charge in [0.05, 0.1) is 0 Å². The number of hydrogen-bond acceptors (Lipinski definition) is 1. The van der Waals surface area contributed by atoms with Crippen LogP contribution < -0.4 is 0 Å². The molecule has 0 atom stereocenters. The Morgan fingerprint density at radius 3 is 2.65 bits per heavy atom. The molecule has 108 valence electrons. The summed E-state index contributed by atoms with van der Waals surface area (Å²) in [6, 6.07) is 9.95. The molecule has 0 saturated heterocycles. The molecular formula is C16H20Cl2N2. The molecule has 0 aliphatic rings. The molecule has 0 N–H and O–H groups in total. The van der Waals surface area contributed by atoms with Crippen molar-refractivity contribution in [3.8, 4) is 0 Å². The summed E-state index contributed by atoms with van der Waals surface area (Å²) < 4.78 is 2.25. The van der Waals surface area contributed by atoms with Crippen molar-refractivity contribution in [3.63, 3.8) is 0 Å². The fourth-order valence-corrected chi connectivity index (χ4v) is 2.71. The molecule has 0 spiro atoms. The predicted molar refractivity (Wildman–Crippen MR) is 86.9 cm³/mol. The van der Waals surface area contributed by atoms with E-state index in [-0.39, 0.29) is 0 Å². The molecule has 20 heavy (non-hydrogen) atoms. The van der Waals surface area contributed by atoms with Gasteiger partial charge in [-0.25, -0.2) is 0 Å². The Morgan fingerprint density at radius 2 is 1.95 bits per heavy atom. The topological polar surface area (TPSA) is 8.17 Å². The molecule has 0 aliphatic heterocycles. The maximum Gasteiger partial charge on any atom is 0.0487 e. The summed E-state index contributed by atoms with van der Waals surface area (Å²) in [6.45, 7) is 1.90. The van der Waals surface area contributed by atoms with E-state index < -0.39 is 0 Å². The molecule has 1 aromatic heterocycles. The summed E-state index contributed by atoms with van der Waals surface area (Å²) in [6.07, 6.45) is 4.34. The Balaban J connectivity index is 2.04. The van der Waals surface area contributed by atoms with E-state index in [2.05, 4.69) is 41.9 Å². The van der Waals surface area contributed by atoms with Crippen LogP contribution >= 0.6 is 23.2 Å². The fraction of sp³-hybridized carbons (Fsp3) is 0.375. The predicted octanol–water partition coefficient (Wildman–Crippen LogP) is 4.34. The van der Waals surface area contributed by atoms with E-state index in [1.807, 2.05) is 12.1 Å². The van der Waals surface area contributed by atoms with Crippen molar-refractivity contribution in [2.45, 2.75) is 19.4 Å². The Kier molecular flexibility index (Phi) is 5.53. The summed E-state index contributed by atoms with van der Waals surface area (Å²) in [4.78, 5) is 2.21. The molecule has 1 aromatic carbocycles. The number of aryl methyl sites for hydroxylation is 1. The smallest absolute Gasteiger partial charge is 0.0487 e. The van der Waals surface area contributed by atoms with Gasteiger partial charge in [0.1, 0.15) is 0 Å². The third-order valence-electron chi connectivity index (χ3n) is 3.32. The summed E-state index contributed by atoms with van der Waals surface area (Å²) >= 11 is 12.2. The quantitative estimate of drug-likeness (QED) is 0.770. The third-order valence-corrected chi connectivity index (χ3v) is 3.90. The molecule has 2 nitrogen and oxygen atoms in total. The zero-order chi connectivity index (χ0) is 14.5. The van der Waals surface area contributed by atoms with E-state index in [1.165, 1.54) is 5.69 Å². The van der Waals surface area contributed by atoms with E-state index in [1.54, 1.807) is 6.07 Å². The van der Waals surface area contributed by atoms with Crippen LogP contribution in [-0.2, 0) is 13.0 Å². The number of halogens is 2. The zero-order valence-corrected chi connectivity index (χ0v) is 13.5. The molecule has 4 heteroatoms. The lowest BCUT2D eigenvalue weighted by Gasteiger charge is -2.12. The Labute approximate surface area is 130 Å². The van der Waals surface area contributed by atoms with Crippen LogP contribution in [0, 0.1) is 0 Å². The monoisotopic (exact) mass is 310 g/mol. The first-order valence-corrected chi connectivity index (χ1v) is 7.54. The van der Waals surface area contributed by atoms with Crippen LogP contribution in [0.3, 0.4) is 0 Å². The molecule has 2 rings (SSSR count). The Morgan fingerprint density at radius 1 is 1.15 bits per heavy atom. The summed E-state index contributed by atoms with van der Waals surface area (Å²) in [7, 11) is 4.21. The highest BCUT2D eigenvalue weighted by molar-refractivity contribution is 6.35. The van der Waals surface area contributed by atoms with Gasteiger partial charge in [0.15, 0.2) is 0 Å². The molecule has 1 heterocycles. The molecule has 2 aromatic rings. The van der Waals surface area contributed by atoms with Gasteiger partial charge in [0.2, 0.25) is 0 Å². The average molecular weight is 311 g/mol. The minimum Gasteiger partial charge on any atom is -0.347 e. The second-order valence-electron chi connectivity index (χ2n) is 5.27. The van der Waals surface area contributed by atoms with Crippen LogP contribution in [0.1, 0.15) is 17.7 Å². The molecule has 0 unspecified atom stereocenters. The van der Waals surface area contributed by atoms with Gasteiger partial charge < -0.3 is 9.47 Å². The molecular weight excluding hydrogens is 291 g/mol. The van der Waals surface area contributed by atoms with Crippen molar-refractivity contribution in [2.75, 3.05) is 20.6 Å². The zero-order valence-electron chi connectivity index (χ0n) is 11.9. The first-order valence-electron chi connectivity index (χ1n) is 6.79. The second-order valence-corrected chi connectivity index (χ2v) is 6.11. The normalized spacial score (nSPS) is 11.2. The van der Waals surface area contributed by atoms with Gasteiger partial charge in [-0.05, 0) is 63.3 Å². The molecule has 0 bridgehead atoms. The van der Waals surface area contributed by atoms with Crippen LogP contribution in [0.4, 0.5) is 0 Å². The maximum absolute atomic E-state index is 6.24. The number of rotatable bonds is 6. The van der Waals surface area contributed by atoms with Gasteiger partial charge in [0.25, 0.3) is 0 Å². The SMILES string of the molecule is CN(C)CCCc1cccn1Cc1ccc(Cl)cc1Cl. The first kappa shape index (κ1) is 15.4. The van der Waals surface area contributed by atoms with Crippen LogP contribution in [0.5, 0.6) is 0 Å². The third kappa shape index (κ3) is 4.27. The number of nitrogens with zero attached hydrogens (tertiary/aromatic N) is 2. The first-order chi connectivity index (χ1) is 9.56. The van der Waals surface area contributed by atoms with E-state index in [0.717, 1.165) is 36.5 Å². The van der Waals surface area contributed by atoms with Gasteiger partial charge in [-0.1, -0.05) is 29.3 Å². The standard InChI is InChI=1S/C16H20Cl2N2/c1-19(2)9-3-5-15-6-4-10-20(15)12-13-7-8-14(17)11-16(13)18/h4,6-8,10-11H,3,5,9,12H2,1-2H3. The van der Waals surface area contributed by atoms with Crippen molar-refractivity contribution < 1.29 is 0 Å². The van der Waals surface area contributed by atoms with Crippen LogP contribution in [0.15, 0.2) is 36.5 Å². The van der Waals surface area contributed by atoms with E-state index in [9.17, 15) is 0 Å². The number of aromatic nitrogens is 1. The minimum absolute atomic E-state index is 0.678. The molecule has 0 amide bonds. The van der Waals surface area contributed by atoms with E-state index in [0.29, 0.717) is 5.02 Å². The fourth-order valence-electron chi connectivity index (χ4n) is 2.24. The average Bonchev–Trinajstić information content (AvgIpc) is 2.80. The summed E-state index contributed by atoms with van der Waals surface area (Å²) in [5.74, 6) is 0.